The number of aldehydes is 1. The third-order valence-electron chi connectivity index (χ3n) is 2.80. The van der Waals surface area contributed by atoms with Crippen LogP contribution in [0.2, 0.25) is 0 Å². The van der Waals surface area contributed by atoms with Crippen LogP contribution in [0.3, 0.4) is 0 Å². The summed E-state index contributed by atoms with van der Waals surface area (Å²) in [4.78, 5) is 15.3. The minimum atomic E-state index is 0.0568. The Morgan fingerprint density at radius 3 is 2.65 bits per heavy atom. The first-order valence-corrected chi connectivity index (χ1v) is 6.09. The van der Waals surface area contributed by atoms with E-state index in [9.17, 15) is 10.1 Å². The molecule has 0 spiro atoms. The maximum Gasteiger partial charge on any atom is 0.234 e. The largest absolute Gasteiger partial charge is 0.477 e. The molecule has 1 aromatic carbocycles. The number of nitriles is 1. The van der Waals surface area contributed by atoms with Gasteiger partial charge in [-0.1, -0.05) is 30.3 Å². The quantitative estimate of drug-likeness (QED) is 0.859. The molecule has 0 aliphatic rings. The lowest BCUT2D eigenvalue weighted by Crippen LogP contribution is -2.07. The van der Waals surface area contributed by atoms with Crippen molar-refractivity contribution in [3.63, 3.8) is 0 Å². The number of hydrogen-bond acceptors (Lipinski definition) is 5. The van der Waals surface area contributed by atoms with E-state index in [0.29, 0.717) is 18.5 Å². The average Bonchev–Trinajstić information content (AvgIpc) is 2.48. The van der Waals surface area contributed by atoms with Gasteiger partial charge in [0.25, 0.3) is 0 Å². The molecule has 1 heterocycles. The predicted octanol–water partition coefficient (Wildman–Crippen LogP) is 2.41. The highest BCUT2D eigenvalue weighted by molar-refractivity contribution is 5.95. The maximum absolute atomic E-state index is 11.3. The predicted molar refractivity (Wildman–Crippen MR) is 75.4 cm³/mol. The maximum atomic E-state index is 11.3. The number of rotatable bonds is 4. The molecule has 5 heteroatoms. The van der Waals surface area contributed by atoms with Crippen LogP contribution in [-0.2, 0) is 0 Å². The Hall–Kier alpha value is -2.87. The Balaban J connectivity index is 2.82. The Kier molecular flexibility index (Phi) is 3.96. The zero-order valence-electron chi connectivity index (χ0n) is 11.0. The summed E-state index contributed by atoms with van der Waals surface area (Å²) >= 11 is 0. The van der Waals surface area contributed by atoms with Gasteiger partial charge in [0.1, 0.15) is 17.5 Å². The second kappa shape index (κ2) is 5.85. The number of pyridine rings is 1. The highest BCUT2D eigenvalue weighted by atomic mass is 16.5. The van der Waals surface area contributed by atoms with Crippen molar-refractivity contribution in [2.45, 2.75) is 6.92 Å². The van der Waals surface area contributed by atoms with E-state index >= 15 is 0 Å². The van der Waals surface area contributed by atoms with Crippen LogP contribution in [0.4, 0.5) is 5.82 Å². The molecule has 2 aromatic rings. The lowest BCUT2D eigenvalue weighted by molar-refractivity contribution is 0.112. The highest BCUT2D eigenvalue weighted by Crippen LogP contribution is 2.34. The van der Waals surface area contributed by atoms with Gasteiger partial charge in [-0.25, -0.2) is 0 Å². The highest BCUT2D eigenvalue weighted by Gasteiger charge is 2.20. The smallest absolute Gasteiger partial charge is 0.234 e. The second-order valence-electron chi connectivity index (χ2n) is 3.99. The molecule has 5 nitrogen and oxygen atoms in total. The first-order valence-electron chi connectivity index (χ1n) is 6.09. The number of nitrogens with zero attached hydrogens (tertiary/aromatic N) is 2. The van der Waals surface area contributed by atoms with E-state index in [1.807, 2.05) is 24.3 Å². The summed E-state index contributed by atoms with van der Waals surface area (Å²) in [6.45, 7) is 2.14. The first-order chi connectivity index (χ1) is 9.72. The van der Waals surface area contributed by atoms with Crippen LogP contribution in [0, 0.1) is 11.3 Å². The van der Waals surface area contributed by atoms with Gasteiger partial charge in [0.15, 0.2) is 6.29 Å². The van der Waals surface area contributed by atoms with Crippen LogP contribution < -0.4 is 10.5 Å². The van der Waals surface area contributed by atoms with Crippen molar-refractivity contribution in [1.82, 2.24) is 4.98 Å². The number of hydrogen-bond donors (Lipinski definition) is 1. The van der Waals surface area contributed by atoms with Gasteiger partial charge in [-0.2, -0.15) is 10.2 Å². The van der Waals surface area contributed by atoms with Gasteiger partial charge in [0.05, 0.1) is 12.2 Å². The van der Waals surface area contributed by atoms with E-state index in [1.54, 1.807) is 19.1 Å². The number of nitrogens with two attached hydrogens (primary N) is 1. The molecule has 20 heavy (non-hydrogen) atoms. The molecule has 0 atom stereocenters. The van der Waals surface area contributed by atoms with Crippen LogP contribution in [0.15, 0.2) is 30.3 Å². The molecule has 0 amide bonds. The van der Waals surface area contributed by atoms with E-state index in [0.717, 1.165) is 5.56 Å². The van der Waals surface area contributed by atoms with Gasteiger partial charge in [0.2, 0.25) is 5.88 Å². The van der Waals surface area contributed by atoms with Crippen molar-refractivity contribution in [2.24, 2.45) is 0 Å². The summed E-state index contributed by atoms with van der Waals surface area (Å²) in [7, 11) is 0. The Morgan fingerprint density at radius 2 is 2.10 bits per heavy atom. The molecule has 0 fully saturated rings. The number of aromatic nitrogens is 1. The van der Waals surface area contributed by atoms with Crippen LogP contribution in [0.1, 0.15) is 22.8 Å². The summed E-state index contributed by atoms with van der Waals surface area (Å²) in [5.41, 5.74) is 7.39. The van der Waals surface area contributed by atoms with E-state index in [4.69, 9.17) is 10.5 Å². The molecular formula is C15H13N3O2. The molecule has 100 valence electrons. The summed E-state index contributed by atoms with van der Waals surface area (Å²) in [6.07, 6.45) is 0.612. The topological polar surface area (TPSA) is 89.0 Å². The second-order valence-corrected chi connectivity index (χ2v) is 3.99. The van der Waals surface area contributed by atoms with Crippen molar-refractivity contribution in [3.05, 3.63) is 41.5 Å². The number of ether oxygens (including phenoxy) is 1. The lowest BCUT2D eigenvalue weighted by atomic mass is 9.96. The van der Waals surface area contributed by atoms with Crippen molar-refractivity contribution in [1.29, 1.82) is 5.26 Å². The summed E-state index contributed by atoms with van der Waals surface area (Å²) < 4.78 is 5.34. The minimum absolute atomic E-state index is 0.0568. The van der Waals surface area contributed by atoms with Gasteiger partial charge < -0.3 is 10.5 Å². The number of anilines is 1. The average molecular weight is 267 g/mol. The van der Waals surface area contributed by atoms with Gasteiger partial charge in [-0.05, 0) is 12.5 Å². The number of nitrogen functional groups attached to an aromatic ring is 1. The van der Waals surface area contributed by atoms with Gasteiger partial charge in [-0.15, -0.1) is 0 Å². The monoisotopic (exact) mass is 267 g/mol. The SMILES string of the molecule is CCOc1nc(N)c(C=O)c(-c2ccccc2)c1C#N. The first kappa shape index (κ1) is 13.6. The van der Waals surface area contributed by atoms with Gasteiger partial charge in [-0.3, -0.25) is 4.79 Å². The zero-order valence-corrected chi connectivity index (χ0v) is 11.0. The van der Waals surface area contributed by atoms with Crippen LogP contribution in [0.25, 0.3) is 11.1 Å². The molecule has 0 aliphatic carbocycles. The fraction of sp³-hybridized carbons (Fsp3) is 0.133. The van der Waals surface area contributed by atoms with Crippen LogP contribution in [-0.4, -0.2) is 17.9 Å². The summed E-state index contributed by atoms with van der Waals surface area (Å²) in [5, 5.41) is 9.37. The molecule has 2 rings (SSSR count). The minimum Gasteiger partial charge on any atom is -0.477 e. The zero-order chi connectivity index (χ0) is 14.5. The number of carbonyl (C=O) groups is 1. The molecule has 0 unspecified atom stereocenters. The molecular weight excluding hydrogens is 254 g/mol. The van der Waals surface area contributed by atoms with Gasteiger partial charge in [0, 0.05) is 5.56 Å². The van der Waals surface area contributed by atoms with E-state index < -0.39 is 0 Å². The molecule has 0 aliphatic heterocycles. The molecule has 2 N–H and O–H groups in total. The third kappa shape index (κ3) is 2.31. The molecule has 0 radical (unpaired) electrons. The van der Waals surface area contributed by atoms with E-state index in [1.165, 1.54) is 0 Å². The van der Waals surface area contributed by atoms with Crippen molar-refractivity contribution < 1.29 is 9.53 Å². The third-order valence-corrected chi connectivity index (χ3v) is 2.80. The lowest BCUT2D eigenvalue weighted by Gasteiger charge is -2.13. The van der Waals surface area contributed by atoms with Crippen molar-refractivity contribution >= 4 is 12.1 Å². The molecule has 1 aromatic heterocycles. The van der Waals surface area contributed by atoms with Crippen molar-refractivity contribution in [2.75, 3.05) is 12.3 Å². The number of benzene rings is 1. The molecule has 0 saturated carbocycles. The fourth-order valence-corrected chi connectivity index (χ4v) is 1.96. The standard InChI is InChI=1S/C15H13N3O2/c1-2-20-15-11(8-16)13(10-6-4-3-5-7-10)12(9-19)14(17)18-15/h3-7,9H,2H2,1H3,(H2,17,18). The Labute approximate surface area is 116 Å². The Morgan fingerprint density at radius 1 is 1.40 bits per heavy atom. The van der Waals surface area contributed by atoms with E-state index in [-0.39, 0.29) is 22.8 Å². The summed E-state index contributed by atoms with van der Waals surface area (Å²) in [5.74, 6) is 0.207. The normalized spacial score (nSPS) is 9.80. The van der Waals surface area contributed by atoms with Crippen LogP contribution in [0.5, 0.6) is 5.88 Å². The molecule has 0 saturated heterocycles. The van der Waals surface area contributed by atoms with Crippen LogP contribution >= 0.6 is 0 Å². The fourth-order valence-electron chi connectivity index (χ4n) is 1.96. The van der Waals surface area contributed by atoms with Crippen molar-refractivity contribution in [3.8, 4) is 23.1 Å². The number of carbonyl (C=O) groups excluding carboxylic acids is 1. The Bertz CT molecular complexity index is 676. The molecule has 0 bridgehead atoms. The van der Waals surface area contributed by atoms with E-state index in [2.05, 4.69) is 4.98 Å². The summed E-state index contributed by atoms with van der Waals surface area (Å²) in [6, 6.07) is 11.1. The van der Waals surface area contributed by atoms with Gasteiger partial charge >= 0.3 is 0 Å².